The molecule has 0 fully saturated rings. The number of alkyl halides is 3. The Hall–Kier alpha value is -2.65. The lowest BCUT2D eigenvalue weighted by Gasteiger charge is -2.12. The molecule has 0 aromatic carbocycles. The van der Waals surface area contributed by atoms with Gasteiger partial charge in [0, 0.05) is 6.20 Å². The van der Waals surface area contributed by atoms with E-state index < -0.39 is 42.2 Å². The number of hydrogen-bond donors (Lipinski definition) is 3. The fraction of sp³-hybridized carbons (Fsp3) is 0.273. The lowest BCUT2D eigenvalue weighted by atomic mass is 10.2. The first kappa shape index (κ1) is 16.4. The van der Waals surface area contributed by atoms with E-state index in [4.69, 9.17) is 10.2 Å². The van der Waals surface area contributed by atoms with Gasteiger partial charge in [0.15, 0.2) is 0 Å². The molecule has 0 saturated heterocycles. The van der Waals surface area contributed by atoms with Gasteiger partial charge in [0.1, 0.15) is 11.7 Å². The number of pyridine rings is 1. The first-order valence-electron chi connectivity index (χ1n) is 5.40. The number of nitrogens with zero attached hydrogens (tertiary/aromatic N) is 1. The van der Waals surface area contributed by atoms with E-state index in [1.54, 1.807) is 0 Å². The Morgan fingerprint density at radius 2 is 1.86 bits per heavy atom. The van der Waals surface area contributed by atoms with E-state index in [2.05, 4.69) is 4.98 Å². The summed E-state index contributed by atoms with van der Waals surface area (Å²) in [7, 11) is 0. The molecule has 114 valence electrons. The molecule has 0 aliphatic heterocycles. The van der Waals surface area contributed by atoms with Crippen LogP contribution in [-0.2, 0) is 15.8 Å². The maximum Gasteiger partial charge on any atom is 0.433 e. The highest BCUT2D eigenvalue weighted by Crippen LogP contribution is 2.27. The molecule has 0 aliphatic rings. The van der Waals surface area contributed by atoms with Gasteiger partial charge in [-0.25, -0.2) is 4.79 Å². The molecule has 0 unspecified atom stereocenters. The Morgan fingerprint density at radius 3 is 2.24 bits per heavy atom. The van der Waals surface area contributed by atoms with Gasteiger partial charge in [0.2, 0.25) is 0 Å². The van der Waals surface area contributed by atoms with Crippen molar-refractivity contribution < 1.29 is 37.8 Å². The monoisotopic (exact) mass is 306 g/mol. The van der Waals surface area contributed by atoms with Crippen LogP contribution in [-0.4, -0.2) is 39.1 Å². The summed E-state index contributed by atoms with van der Waals surface area (Å²) >= 11 is 0. The van der Waals surface area contributed by atoms with Gasteiger partial charge in [0.25, 0.3) is 5.91 Å². The number of amides is 1. The zero-order chi connectivity index (χ0) is 16.2. The molecular formula is C11H9F3N2O5. The summed E-state index contributed by atoms with van der Waals surface area (Å²) in [4.78, 5) is 35.8. The average molecular weight is 306 g/mol. The van der Waals surface area contributed by atoms with Crippen molar-refractivity contribution in [2.45, 2.75) is 18.6 Å². The number of carbonyl (C=O) groups excluding carboxylic acids is 1. The van der Waals surface area contributed by atoms with Crippen molar-refractivity contribution in [1.29, 1.82) is 0 Å². The first-order valence-corrected chi connectivity index (χ1v) is 5.40. The minimum absolute atomic E-state index is 0.320. The van der Waals surface area contributed by atoms with Crippen molar-refractivity contribution >= 4 is 17.8 Å². The minimum Gasteiger partial charge on any atom is -0.481 e. The Morgan fingerprint density at radius 1 is 1.24 bits per heavy atom. The van der Waals surface area contributed by atoms with Gasteiger partial charge < -0.3 is 15.5 Å². The Labute approximate surface area is 115 Å². The van der Waals surface area contributed by atoms with Gasteiger partial charge in [-0.15, -0.1) is 0 Å². The second-order valence-electron chi connectivity index (χ2n) is 3.89. The van der Waals surface area contributed by atoms with Crippen LogP contribution in [0.1, 0.15) is 22.5 Å². The number of hydrogen-bond acceptors (Lipinski definition) is 4. The predicted octanol–water partition coefficient (Wildman–Crippen LogP) is 0.758. The third-order valence-corrected chi connectivity index (χ3v) is 2.30. The van der Waals surface area contributed by atoms with Crippen molar-refractivity contribution in [3.8, 4) is 0 Å². The van der Waals surface area contributed by atoms with Crippen LogP contribution in [0.25, 0.3) is 0 Å². The maximum absolute atomic E-state index is 12.3. The van der Waals surface area contributed by atoms with Crippen LogP contribution < -0.4 is 5.32 Å². The lowest BCUT2D eigenvalue weighted by molar-refractivity contribution is -0.145. The molecule has 1 rings (SSSR count). The fourth-order valence-electron chi connectivity index (χ4n) is 1.31. The van der Waals surface area contributed by atoms with E-state index in [0.717, 1.165) is 6.07 Å². The molecule has 3 N–H and O–H groups in total. The number of aromatic nitrogens is 1. The maximum atomic E-state index is 12.3. The third kappa shape index (κ3) is 4.75. The van der Waals surface area contributed by atoms with Crippen LogP contribution in [0.15, 0.2) is 18.3 Å². The second-order valence-corrected chi connectivity index (χ2v) is 3.89. The van der Waals surface area contributed by atoms with Gasteiger partial charge in [-0.3, -0.25) is 14.6 Å². The van der Waals surface area contributed by atoms with Crippen LogP contribution in [0, 0.1) is 0 Å². The highest BCUT2D eigenvalue weighted by atomic mass is 19.4. The Balaban J connectivity index is 2.83. The number of nitrogens with one attached hydrogen (secondary N) is 1. The van der Waals surface area contributed by atoms with Crippen LogP contribution in [0.3, 0.4) is 0 Å². The molecule has 1 heterocycles. The molecule has 0 bridgehead atoms. The normalized spacial score (nSPS) is 12.5. The minimum atomic E-state index is -4.66. The summed E-state index contributed by atoms with van der Waals surface area (Å²) in [6.45, 7) is 0. The molecular weight excluding hydrogens is 297 g/mol. The molecule has 1 amide bonds. The quantitative estimate of drug-likeness (QED) is 0.739. The number of rotatable bonds is 5. The summed E-state index contributed by atoms with van der Waals surface area (Å²) in [6.07, 6.45) is -4.91. The summed E-state index contributed by atoms with van der Waals surface area (Å²) in [5, 5.41) is 19.1. The number of carbonyl (C=O) groups is 3. The van der Waals surface area contributed by atoms with Crippen molar-refractivity contribution in [2.24, 2.45) is 0 Å². The van der Waals surface area contributed by atoms with Crippen LogP contribution >= 0.6 is 0 Å². The number of carboxylic acids is 2. The van der Waals surface area contributed by atoms with Crippen LogP contribution in [0.5, 0.6) is 0 Å². The lowest BCUT2D eigenvalue weighted by Crippen LogP contribution is -2.42. The van der Waals surface area contributed by atoms with E-state index in [9.17, 15) is 27.6 Å². The predicted molar refractivity (Wildman–Crippen MR) is 60.4 cm³/mol. The van der Waals surface area contributed by atoms with Gasteiger partial charge in [-0.2, -0.15) is 13.2 Å². The summed E-state index contributed by atoms with van der Waals surface area (Å²) in [6, 6.07) is -0.329. The largest absolute Gasteiger partial charge is 0.481 e. The molecule has 1 atom stereocenters. The highest BCUT2D eigenvalue weighted by molar-refractivity contribution is 5.97. The summed E-state index contributed by atoms with van der Waals surface area (Å²) < 4.78 is 36.8. The fourth-order valence-corrected chi connectivity index (χ4v) is 1.31. The van der Waals surface area contributed by atoms with Crippen molar-refractivity contribution in [3.05, 3.63) is 29.6 Å². The van der Waals surface area contributed by atoms with Crippen molar-refractivity contribution in [1.82, 2.24) is 10.3 Å². The molecule has 1 aromatic rings. The van der Waals surface area contributed by atoms with E-state index >= 15 is 0 Å². The number of aliphatic carboxylic acids is 2. The van der Waals surface area contributed by atoms with Gasteiger partial charge in [0.05, 0.1) is 12.0 Å². The van der Waals surface area contributed by atoms with Gasteiger partial charge >= 0.3 is 18.1 Å². The van der Waals surface area contributed by atoms with E-state index in [1.165, 1.54) is 0 Å². The third-order valence-electron chi connectivity index (χ3n) is 2.30. The molecule has 10 heteroatoms. The highest BCUT2D eigenvalue weighted by Gasteiger charge is 2.32. The second kappa shape index (κ2) is 6.20. The molecule has 7 nitrogen and oxygen atoms in total. The zero-order valence-corrected chi connectivity index (χ0v) is 10.2. The molecule has 0 aliphatic carbocycles. The summed E-state index contributed by atoms with van der Waals surface area (Å²) in [5.41, 5.74) is -1.53. The average Bonchev–Trinajstić information content (AvgIpc) is 2.36. The topological polar surface area (TPSA) is 117 Å². The van der Waals surface area contributed by atoms with Crippen LogP contribution in [0.4, 0.5) is 13.2 Å². The molecule has 1 aromatic heterocycles. The molecule has 21 heavy (non-hydrogen) atoms. The van der Waals surface area contributed by atoms with Gasteiger partial charge in [-0.1, -0.05) is 0 Å². The van der Waals surface area contributed by atoms with Crippen molar-refractivity contribution in [3.63, 3.8) is 0 Å². The van der Waals surface area contributed by atoms with E-state index in [-0.39, 0.29) is 5.56 Å². The van der Waals surface area contributed by atoms with Crippen molar-refractivity contribution in [2.75, 3.05) is 0 Å². The Kier molecular flexibility index (Phi) is 4.84. The number of carboxylic acid groups (broad SMARTS) is 2. The first-order chi connectivity index (χ1) is 9.61. The zero-order valence-electron chi connectivity index (χ0n) is 10.2. The SMILES string of the molecule is O=C(O)C[C@H](NC(=O)c1ccc(C(F)(F)F)nc1)C(=O)O. The van der Waals surface area contributed by atoms with Crippen LogP contribution in [0.2, 0.25) is 0 Å². The van der Waals surface area contributed by atoms with Gasteiger partial charge in [-0.05, 0) is 12.1 Å². The van der Waals surface area contributed by atoms with E-state index in [0.29, 0.717) is 12.3 Å². The Bertz CT molecular complexity index is 556. The van der Waals surface area contributed by atoms with E-state index in [1.807, 2.05) is 5.32 Å². The smallest absolute Gasteiger partial charge is 0.433 e. The summed E-state index contributed by atoms with van der Waals surface area (Å²) in [5.74, 6) is -4.07. The molecule has 0 radical (unpaired) electrons. The number of halogens is 3. The standard InChI is InChI=1S/C11H9F3N2O5/c12-11(13,14)7-2-1-5(4-15-7)9(19)16-6(10(20)21)3-8(17)18/h1-2,4,6H,3H2,(H,16,19)(H,17,18)(H,20,21)/t6-/m0/s1. The molecule has 0 spiro atoms. The molecule has 0 saturated carbocycles.